The Balaban J connectivity index is 0. The summed E-state index contributed by atoms with van der Waals surface area (Å²) in [7, 11) is 0. The van der Waals surface area contributed by atoms with Crippen LogP contribution in [0.4, 0.5) is 0 Å². The lowest BCUT2D eigenvalue weighted by atomic mass is 10.3. The summed E-state index contributed by atoms with van der Waals surface area (Å²) in [4.78, 5) is 0. The van der Waals surface area contributed by atoms with Crippen LogP contribution in [0.3, 0.4) is 0 Å². The molecule has 0 saturated heterocycles. The molecule has 0 aromatic carbocycles. The molecule has 0 radical (unpaired) electrons. The van der Waals surface area contributed by atoms with Crippen LogP contribution in [-0.2, 0) is 0 Å². The first-order valence-corrected chi connectivity index (χ1v) is 4.55. The molecule has 0 aliphatic heterocycles. The molecule has 0 N–H and O–H groups in total. The molecule has 0 aromatic heterocycles. The highest BCUT2D eigenvalue weighted by Crippen LogP contribution is 2.00. The molecule has 70 valence electrons. The summed E-state index contributed by atoms with van der Waals surface area (Å²) in [6, 6.07) is 0. The van der Waals surface area contributed by atoms with E-state index >= 15 is 0 Å². The van der Waals surface area contributed by atoms with Crippen molar-refractivity contribution in [2.75, 3.05) is 13.1 Å². The van der Waals surface area contributed by atoms with E-state index in [-0.39, 0.29) is 12.4 Å². The maximum absolute atomic E-state index is 5.87. The average Bonchev–Trinajstić information content (AvgIpc) is 1.97. The molecule has 0 rings (SSSR count). The molecule has 11 heavy (non-hydrogen) atoms. The van der Waals surface area contributed by atoms with E-state index in [1.165, 1.54) is 25.7 Å². The monoisotopic (exact) mass is 199 g/mol. The van der Waals surface area contributed by atoms with Crippen LogP contribution in [0.5, 0.6) is 0 Å². The summed E-state index contributed by atoms with van der Waals surface area (Å²) in [6.45, 7) is 6.45. The van der Waals surface area contributed by atoms with Gasteiger partial charge >= 0.3 is 0 Å². The maximum atomic E-state index is 5.87. The van der Waals surface area contributed by atoms with Crippen LogP contribution in [0.2, 0.25) is 0 Å². The molecule has 0 saturated carbocycles. The molecule has 0 unspecified atom stereocenters. The van der Waals surface area contributed by atoms with Crippen LogP contribution in [0.1, 0.15) is 39.5 Å². The van der Waals surface area contributed by atoms with E-state index in [1.807, 2.05) is 4.42 Å². The van der Waals surface area contributed by atoms with E-state index in [9.17, 15) is 0 Å². The lowest BCUT2D eigenvalue weighted by Gasteiger charge is -2.11. The molecule has 0 aliphatic carbocycles. The number of nitrogens with zero attached hydrogens (tertiary/aromatic N) is 1. The van der Waals surface area contributed by atoms with E-state index in [0.29, 0.717) is 0 Å². The third-order valence-electron chi connectivity index (χ3n) is 1.51. The number of hydrogen-bond acceptors (Lipinski definition) is 1. The minimum Gasteiger partial charge on any atom is -0.220 e. The Morgan fingerprint density at radius 2 is 1.36 bits per heavy atom. The van der Waals surface area contributed by atoms with Gasteiger partial charge in [-0.1, -0.05) is 26.7 Å². The first-order valence-electron chi connectivity index (χ1n) is 4.22. The van der Waals surface area contributed by atoms with Gasteiger partial charge in [-0.25, -0.2) is 4.42 Å². The van der Waals surface area contributed by atoms with Crippen molar-refractivity contribution in [2.45, 2.75) is 39.5 Å². The van der Waals surface area contributed by atoms with Gasteiger partial charge in [0.1, 0.15) is 0 Å². The van der Waals surface area contributed by atoms with Crippen molar-refractivity contribution in [3.63, 3.8) is 0 Å². The van der Waals surface area contributed by atoms with Gasteiger partial charge in [0.25, 0.3) is 0 Å². The molecule has 0 bridgehead atoms. The second kappa shape index (κ2) is 10.5. The molecule has 0 amide bonds. The van der Waals surface area contributed by atoms with Gasteiger partial charge in [-0.05, 0) is 24.6 Å². The number of hydrogen-bond donors (Lipinski definition) is 0. The summed E-state index contributed by atoms with van der Waals surface area (Å²) in [5.74, 6) is 0. The fourth-order valence-corrected chi connectivity index (χ4v) is 1.01. The molecule has 0 heterocycles. The van der Waals surface area contributed by atoms with Gasteiger partial charge in [-0.3, -0.25) is 0 Å². The predicted molar refractivity (Wildman–Crippen MR) is 54.5 cm³/mol. The van der Waals surface area contributed by atoms with E-state index in [4.69, 9.17) is 11.8 Å². The van der Waals surface area contributed by atoms with Gasteiger partial charge in [0, 0.05) is 13.1 Å². The fraction of sp³-hybridized carbons (Fsp3) is 1.00. The zero-order valence-electron chi connectivity index (χ0n) is 7.48. The molecule has 0 spiro atoms. The van der Waals surface area contributed by atoms with Crippen molar-refractivity contribution in [2.24, 2.45) is 0 Å². The molecule has 3 heteroatoms. The highest BCUT2D eigenvalue weighted by atomic mass is 35.5. The fourth-order valence-electron chi connectivity index (χ4n) is 0.771. The van der Waals surface area contributed by atoms with Crippen molar-refractivity contribution in [1.29, 1.82) is 0 Å². The largest absolute Gasteiger partial charge is 0.220 e. The zero-order valence-corrected chi connectivity index (χ0v) is 9.05. The van der Waals surface area contributed by atoms with Crippen molar-refractivity contribution in [1.82, 2.24) is 4.42 Å². The van der Waals surface area contributed by atoms with E-state index < -0.39 is 0 Å². The molecular weight excluding hydrogens is 181 g/mol. The van der Waals surface area contributed by atoms with Crippen molar-refractivity contribution in [3.05, 3.63) is 0 Å². The second-order valence-corrected chi connectivity index (χ2v) is 3.10. The summed E-state index contributed by atoms with van der Waals surface area (Å²) >= 11 is 5.87. The first-order chi connectivity index (χ1) is 4.81. The van der Waals surface area contributed by atoms with Gasteiger partial charge in [0.05, 0.1) is 0 Å². The first kappa shape index (κ1) is 14.1. The summed E-state index contributed by atoms with van der Waals surface area (Å²) in [5.41, 5.74) is 0. The third kappa shape index (κ3) is 10.5. The molecular formula is C8H19Cl2N. The van der Waals surface area contributed by atoms with Gasteiger partial charge in [-0.15, -0.1) is 12.4 Å². The average molecular weight is 200 g/mol. The van der Waals surface area contributed by atoms with Crippen LogP contribution in [0.15, 0.2) is 0 Å². The van der Waals surface area contributed by atoms with Crippen molar-refractivity contribution >= 4 is 24.2 Å². The summed E-state index contributed by atoms with van der Waals surface area (Å²) in [5, 5.41) is 0. The van der Waals surface area contributed by atoms with Crippen molar-refractivity contribution < 1.29 is 0 Å². The number of halogens is 2. The van der Waals surface area contributed by atoms with Crippen LogP contribution >= 0.6 is 24.2 Å². The van der Waals surface area contributed by atoms with Crippen LogP contribution in [0.25, 0.3) is 0 Å². The Bertz CT molecular complexity index is 61.1. The lowest BCUT2D eigenvalue weighted by Crippen LogP contribution is -2.14. The Morgan fingerprint density at radius 3 is 1.64 bits per heavy atom. The SMILES string of the molecule is CCCCN(Cl)CCCC.Cl. The van der Waals surface area contributed by atoms with E-state index in [1.54, 1.807) is 0 Å². The molecule has 1 nitrogen and oxygen atoms in total. The highest BCUT2D eigenvalue weighted by Gasteiger charge is 1.96. The second-order valence-electron chi connectivity index (χ2n) is 2.62. The van der Waals surface area contributed by atoms with Gasteiger partial charge in [0.2, 0.25) is 0 Å². The lowest BCUT2D eigenvalue weighted by molar-refractivity contribution is 0.430. The Kier molecular flexibility index (Phi) is 13.5. The Labute approximate surface area is 81.6 Å². The minimum atomic E-state index is 0. The highest BCUT2D eigenvalue weighted by molar-refractivity contribution is 6.13. The molecule has 0 aliphatic rings. The zero-order chi connectivity index (χ0) is 7.82. The standard InChI is InChI=1S/C8H18ClN.ClH/c1-3-5-7-10(9)8-6-4-2;/h3-8H2,1-2H3;1H. The topological polar surface area (TPSA) is 3.24 Å². The summed E-state index contributed by atoms with van der Waals surface area (Å²) < 4.78 is 1.90. The molecule has 0 aromatic rings. The quantitative estimate of drug-likeness (QED) is 0.593. The third-order valence-corrected chi connectivity index (χ3v) is 1.85. The minimum absolute atomic E-state index is 0. The number of rotatable bonds is 6. The van der Waals surface area contributed by atoms with Crippen molar-refractivity contribution in [3.8, 4) is 0 Å². The van der Waals surface area contributed by atoms with Gasteiger partial charge in [-0.2, -0.15) is 0 Å². The maximum Gasteiger partial charge on any atom is 0.0138 e. The predicted octanol–water partition coefficient (Wildman–Crippen LogP) is 3.46. The summed E-state index contributed by atoms with van der Waals surface area (Å²) in [6.07, 6.45) is 4.89. The smallest absolute Gasteiger partial charge is 0.0138 e. The van der Waals surface area contributed by atoms with E-state index in [0.717, 1.165) is 13.1 Å². The Hall–Kier alpha value is 0.540. The van der Waals surface area contributed by atoms with E-state index in [2.05, 4.69) is 13.8 Å². The van der Waals surface area contributed by atoms with Gasteiger partial charge in [0.15, 0.2) is 0 Å². The molecule has 0 fully saturated rings. The van der Waals surface area contributed by atoms with Gasteiger partial charge < -0.3 is 0 Å². The van der Waals surface area contributed by atoms with Crippen LogP contribution in [0, 0.1) is 0 Å². The molecule has 0 atom stereocenters. The van der Waals surface area contributed by atoms with Crippen LogP contribution in [-0.4, -0.2) is 17.5 Å². The Morgan fingerprint density at radius 1 is 1.00 bits per heavy atom. The number of unbranched alkanes of at least 4 members (excludes halogenated alkanes) is 2. The normalized spacial score (nSPS) is 9.82. The van der Waals surface area contributed by atoms with Crippen LogP contribution < -0.4 is 0 Å².